The molecule has 0 spiro atoms. The van der Waals surface area contributed by atoms with Gasteiger partial charge >= 0.3 is 0 Å². The van der Waals surface area contributed by atoms with Gasteiger partial charge in [0.25, 0.3) is 0 Å². The largest absolute Gasteiger partial charge is 0.376 e. The number of halogens is 2. The summed E-state index contributed by atoms with van der Waals surface area (Å²) in [7, 11) is 0. The van der Waals surface area contributed by atoms with Crippen LogP contribution in [0.25, 0.3) is 11.0 Å². The SMILES string of the molecule is ClCCc1nc2cc(Cl)ccc2n1CC1COCCO1. The number of imidazole rings is 1. The minimum absolute atomic E-state index is 0.0610. The second-order valence-electron chi connectivity index (χ2n) is 4.78. The summed E-state index contributed by atoms with van der Waals surface area (Å²) in [5.41, 5.74) is 1.96. The zero-order valence-corrected chi connectivity index (χ0v) is 12.5. The Morgan fingerprint density at radius 1 is 1.35 bits per heavy atom. The lowest BCUT2D eigenvalue weighted by molar-refractivity contribution is -0.0934. The lowest BCUT2D eigenvalue weighted by Gasteiger charge is -2.24. The molecule has 0 N–H and O–H groups in total. The molecule has 0 bridgehead atoms. The van der Waals surface area contributed by atoms with Crippen LogP contribution in [0.2, 0.25) is 5.02 Å². The van der Waals surface area contributed by atoms with E-state index < -0.39 is 0 Å². The summed E-state index contributed by atoms with van der Waals surface area (Å²) in [6.07, 6.45) is 0.785. The number of hydrogen-bond acceptors (Lipinski definition) is 3. The summed E-state index contributed by atoms with van der Waals surface area (Å²) < 4.78 is 13.3. The van der Waals surface area contributed by atoms with Gasteiger partial charge in [-0.1, -0.05) is 11.6 Å². The predicted octanol–water partition coefficient (Wildman–Crippen LogP) is 2.89. The van der Waals surface area contributed by atoms with Crippen molar-refractivity contribution < 1.29 is 9.47 Å². The van der Waals surface area contributed by atoms with Gasteiger partial charge in [0.1, 0.15) is 5.82 Å². The predicted molar refractivity (Wildman–Crippen MR) is 79.7 cm³/mol. The molecule has 3 rings (SSSR count). The summed E-state index contributed by atoms with van der Waals surface area (Å²) in [5.74, 6) is 1.51. The maximum absolute atomic E-state index is 6.03. The summed E-state index contributed by atoms with van der Waals surface area (Å²) >= 11 is 11.9. The Kier molecular flexibility index (Phi) is 4.46. The van der Waals surface area contributed by atoms with E-state index in [0.29, 0.717) is 30.7 Å². The fraction of sp³-hybridized carbons (Fsp3) is 0.500. The van der Waals surface area contributed by atoms with E-state index in [1.807, 2.05) is 18.2 Å². The fourth-order valence-corrected chi connectivity index (χ4v) is 2.81. The molecular formula is C14H16Cl2N2O2. The third kappa shape index (κ3) is 2.93. The highest BCUT2D eigenvalue weighted by Crippen LogP contribution is 2.22. The Labute approximate surface area is 127 Å². The molecule has 0 radical (unpaired) electrons. The molecule has 1 atom stereocenters. The molecule has 1 aliphatic rings. The molecule has 108 valence electrons. The Balaban J connectivity index is 1.95. The molecule has 1 aliphatic heterocycles. The van der Waals surface area contributed by atoms with Gasteiger partial charge in [0.05, 0.1) is 43.5 Å². The van der Waals surface area contributed by atoms with Crippen LogP contribution in [0, 0.1) is 0 Å². The molecule has 0 amide bonds. The molecule has 6 heteroatoms. The first-order chi connectivity index (χ1) is 9.78. The van der Waals surface area contributed by atoms with Gasteiger partial charge in [-0.15, -0.1) is 11.6 Å². The first-order valence-electron chi connectivity index (χ1n) is 6.68. The number of aromatic nitrogens is 2. The highest BCUT2D eigenvalue weighted by atomic mass is 35.5. The van der Waals surface area contributed by atoms with Gasteiger partial charge in [-0.05, 0) is 18.2 Å². The average molecular weight is 315 g/mol. The number of rotatable bonds is 4. The van der Waals surface area contributed by atoms with Crippen molar-refractivity contribution in [3.8, 4) is 0 Å². The summed E-state index contributed by atoms with van der Waals surface area (Å²) in [6.45, 7) is 2.66. The first-order valence-corrected chi connectivity index (χ1v) is 7.59. The van der Waals surface area contributed by atoms with Crippen molar-refractivity contribution in [1.82, 2.24) is 9.55 Å². The second-order valence-corrected chi connectivity index (χ2v) is 5.59. The Bertz CT molecular complexity index is 594. The third-order valence-electron chi connectivity index (χ3n) is 3.38. The first kappa shape index (κ1) is 14.1. The number of fused-ring (bicyclic) bond motifs is 1. The zero-order valence-electron chi connectivity index (χ0n) is 11.0. The van der Waals surface area contributed by atoms with Crippen LogP contribution in [-0.2, 0) is 22.4 Å². The smallest absolute Gasteiger partial charge is 0.111 e. The minimum atomic E-state index is 0.0610. The van der Waals surface area contributed by atoms with E-state index in [-0.39, 0.29) is 6.10 Å². The molecule has 1 aromatic carbocycles. The molecule has 4 nitrogen and oxygen atoms in total. The van der Waals surface area contributed by atoms with Crippen molar-refractivity contribution in [3.05, 3.63) is 29.0 Å². The normalized spacial score (nSPS) is 19.6. The molecule has 0 aliphatic carbocycles. The summed E-state index contributed by atoms with van der Waals surface area (Å²) in [5, 5.41) is 0.692. The van der Waals surface area contributed by atoms with E-state index in [0.717, 1.165) is 29.8 Å². The Morgan fingerprint density at radius 2 is 2.25 bits per heavy atom. The van der Waals surface area contributed by atoms with Crippen LogP contribution in [0.1, 0.15) is 5.82 Å². The fourth-order valence-electron chi connectivity index (χ4n) is 2.48. The summed E-state index contributed by atoms with van der Waals surface area (Å²) in [6, 6.07) is 5.75. The number of nitrogens with zero attached hydrogens (tertiary/aromatic N) is 2. The van der Waals surface area contributed by atoms with Crippen LogP contribution in [0.5, 0.6) is 0 Å². The van der Waals surface area contributed by atoms with Crippen molar-refractivity contribution >= 4 is 34.2 Å². The van der Waals surface area contributed by atoms with Crippen LogP contribution in [0.4, 0.5) is 0 Å². The third-order valence-corrected chi connectivity index (χ3v) is 3.80. The van der Waals surface area contributed by atoms with Gasteiger partial charge in [0.2, 0.25) is 0 Å². The standard InChI is InChI=1S/C14H16Cl2N2O2/c15-4-3-14-17-12-7-10(16)1-2-13(12)18(14)8-11-9-19-5-6-20-11/h1-2,7,11H,3-6,8-9H2. The Hall–Kier alpha value is -0.810. The van der Waals surface area contributed by atoms with E-state index in [1.165, 1.54) is 0 Å². The van der Waals surface area contributed by atoms with Crippen LogP contribution < -0.4 is 0 Å². The van der Waals surface area contributed by atoms with Gasteiger partial charge in [0, 0.05) is 17.3 Å². The lowest BCUT2D eigenvalue weighted by atomic mass is 10.3. The molecule has 2 heterocycles. The highest BCUT2D eigenvalue weighted by Gasteiger charge is 2.19. The van der Waals surface area contributed by atoms with Crippen LogP contribution in [-0.4, -0.2) is 41.4 Å². The molecule has 1 unspecified atom stereocenters. The number of ether oxygens (including phenoxy) is 2. The Morgan fingerprint density at radius 3 is 3.00 bits per heavy atom. The molecule has 1 saturated heterocycles. The van der Waals surface area contributed by atoms with Crippen molar-refractivity contribution in [1.29, 1.82) is 0 Å². The van der Waals surface area contributed by atoms with Gasteiger partial charge in [0.15, 0.2) is 0 Å². The van der Waals surface area contributed by atoms with Gasteiger partial charge in [-0.2, -0.15) is 0 Å². The molecule has 2 aromatic rings. The van der Waals surface area contributed by atoms with Crippen molar-refractivity contribution in [2.75, 3.05) is 25.7 Å². The molecule has 1 fully saturated rings. The second kappa shape index (κ2) is 6.31. The minimum Gasteiger partial charge on any atom is -0.376 e. The van der Waals surface area contributed by atoms with Crippen molar-refractivity contribution in [2.45, 2.75) is 19.1 Å². The van der Waals surface area contributed by atoms with Crippen molar-refractivity contribution in [2.24, 2.45) is 0 Å². The number of hydrogen-bond donors (Lipinski definition) is 0. The number of aryl methyl sites for hydroxylation is 1. The summed E-state index contributed by atoms with van der Waals surface area (Å²) in [4.78, 5) is 4.63. The van der Waals surface area contributed by atoms with Gasteiger partial charge in [-0.25, -0.2) is 4.98 Å². The average Bonchev–Trinajstić information content (AvgIpc) is 2.77. The van der Waals surface area contributed by atoms with E-state index in [4.69, 9.17) is 32.7 Å². The highest BCUT2D eigenvalue weighted by molar-refractivity contribution is 6.31. The topological polar surface area (TPSA) is 36.3 Å². The molecule has 20 heavy (non-hydrogen) atoms. The molecule has 0 saturated carbocycles. The zero-order chi connectivity index (χ0) is 13.9. The maximum Gasteiger partial charge on any atom is 0.111 e. The maximum atomic E-state index is 6.03. The van der Waals surface area contributed by atoms with Gasteiger partial charge < -0.3 is 14.0 Å². The number of benzene rings is 1. The van der Waals surface area contributed by atoms with E-state index in [9.17, 15) is 0 Å². The van der Waals surface area contributed by atoms with Crippen molar-refractivity contribution in [3.63, 3.8) is 0 Å². The number of alkyl halides is 1. The van der Waals surface area contributed by atoms with Gasteiger partial charge in [-0.3, -0.25) is 0 Å². The van der Waals surface area contributed by atoms with E-state index >= 15 is 0 Å². The lowest BCUT2D eigenvalue weighted by Crippen LogP contribution is -2.32. The monoisotopic (exact) mass is 314 g/mol. The van der Waals surface area contributed by atoms with Crippen LogP contribution >= 0.6 is 23.2 Å². The van der Waals surface area contributed by atoms with Crippen LogP contribution in [0.15, 0.2) is 18.2 Å². The molecular weight excluding hydrogens is 299 g/mol. The molecule has 1 aromatic heterocycles. The van der Waals surface area contributed by atoms with E-state index in [1.54, 1.807) is 0 Å². The van der Waals surface area contributed by atoms with Crippen LogP contribution in [0.3, 0.4) is 0 Å². The van der Waals surface area contributed by atoms with E-state index in [2.05, 4.69) is 9.55 Å². The quantitative estimate of drug-likeness (QED) is 0.814.